The van der Waals surface area contributed by atoms with Crippen LogP contribution >= 0.6 is 0 Å². The summed E-state index contributed by atoms with van der Waals surface area (Å²) in [6, 6.07) is 3.46. The second-order valence-electron chi connectivity index (χ2n) is 2.25. The third-order valence-electron chi connectivity index (χ3n) is 1.54. The lowest BCUT2D eigenvalue weighted by atomic mass is 10.2. The lowest BCUT2D eigenvalue weighted by Crippen LogP contribution is -1.80. The monoisotopic (exact) mass is 144 g/mol. The van der Waals surface area contributed by atoms with E-state index in [1.165, 1.54) is 0 Å². The van der Waals surface area contributed by atoms with E-state index in [2.05, 4.69) is 9.97 Å². The lowest BCUT2D eigenvalue weighted by Gasteiger charge is -1.96. The fraction of sp³-hybridized carbons (Fsp3) is 0. The van der Waals surface area contributed by atoms with Crippen molar-refractivity contribution < 1.29 is 0 Å². The topological polar surface area (TPSA) is 49.6 Å². The van der Waals surface area contributed by atoms with Crippen LogP contribution in [0.5, 0.6) is 0 Å². The zero-order valence-corrected chi connectivity index (χ0v) is 5.78. The highest BCUT2D eigenvalue weighted by molar-refractivity contribution is 5.87. The summed E-state index contributed by atoms with van der Waals surface area (Å²) in [7, 11) is 0. The molecule has 0 unspecified atom stereocenters. The number of fused-ring (bicyclic) bond motifs is 1. The number of nitrogens with one attached hydrogen (secondary N) is 1. The number of hydrogen-bond acceptors (Lipinski definition) is 2. The van der Waals surface area contributed by atoms with Gasteiger partial charge >= 0.3 is 0 Å². The predicted octanol–water partition coefficient (Wildman–Crippen LogP) is 1.54. The Morgan fingerprint density at radius 1 is 1.18 bits per heavy atom. The molecule has 2 heterocycles. The maximum absolute atomic E-state index is 7.48. The third-order valence-corrected chi connectivity index (χ3v) is 1.54. The van der Waals surface area contributed by atoms with Crippen LogP contribution in [0.2, 0.25) is 0 Å². The Balaban J connectivity index is 2.91. The van der Waals surface area contributed by atoms with E-state index in [4.69, 9.17) is 5.73 Å². The molecule has 0 saturated heterocycles. The number of aromatic nitrogens is 2. The summed E-state index contributed by atoms with van der Waals surface area (Å²) < 4.78 is 0. The fourth-order valence-electron chi connectivity index (χ4n) is 0.989. The Morgan fingerprint density at radius 3 is 2.91 bits per heavy atom. The first kappa shape index (κ1) is 6.09. The van der Waals surface area contributed by atoms with Crippen LogP contribution in [-0.4, -0.2) is 9.97 Å². The van der Waals surface area contributed by atoms with Crippen molar-refractivity contribution in [1.82, 2.24) is 15.7 Å². The highest BCUT2D eigenvalue weighted by Crippen LogP contribution is 2.16. The maximum atomic E-state index is 7.48. The van der Waals surface area contributed by atoms with Crippen LogP contribution in [-0.2, 0) is 0 Å². The second kappa shape index (κ2) is 2.20. The molecule has 0 atom stereocenters. The summed E-state index contributed by atoms with van der Waals surface area (Å²) in [5, 5.41) is 0.801. The van der Waals surface area contributed by atoms with Crippen molar-refractivity contribution in [2.75, 3.05) is 0 Å². The van der Waals surface area contributed by atoms with Gasteiger partial charge in [0.25, 0.3) is 0 Å². The molecule has 0 aromatic carbocycles. The van der Waals surface area contributed by atoms with Crippen molar-refractivity contribution in [3.8, 4) is 0 Å². The van der Waals surface area contributed by atoms with E-state index in [-0.39, 0.29) is 0 Å². The van der Waals surface area contributed by atoms with Crippen LogP contribution in [0.15, 0.2) is 30.7 Å². The fourth-order valence-corrected chi connectivity index (χ4v) is 0.989. The van der Waals surface area contributed by atoms with Crippen LogP contribution in [0.1, 0.15) is 0 Å². The summed E-state index contributed by atoms with van der Waals surface area (Å²) in [5.74, 6) is 0. The Morgan fingerprint density at radius 2 is 2.09 bits per heavy atom. The molecule has 11 heavy (non-hydrogen) atoms. The van der Waals surface area contributed by atoms with Gasteiger partial charge in [0.1, 0.15) is 0 Å². The molecule has 0 bridgehead atoms. The SMILES string of the molecule is [NH]c1ccnc2ccncc12. The minimum absolute atomic E-state index is 0.475. The van der Waals surface area contributed by atoms with Gasteiger partial charge in [-0.1, -0.05) is 0 Å². The number of hydrogen-bond donors (Lipinski definition) is 0. The smallest absolute Gasteiger partial charge is 0.0754 e. The van der Waals surface area contributed by atoms with Crippen LogP contribution < -0.4 is 5.73 Å². The van der Waals surface area contributed by atoms with Crippen molar-refractivity contribution in [3.05, 3.63) is 30.7 Å². The zero-order valence-electron chi connectivity index (χ0n) is 5.78. The molecule has 2 rings (SSSR count). The normalized spacial score (nSPS) is 10.2. The summed E-state index contributed by atoms with van der Waals surface area (Å²) in [4.78, 5) is 8.00. The minimum Gasteiger partial charge on any atom is -0.300 e. The first-order valence-electron chi connectivity index (χ1n) is 3.28. The van der Waals surface area contributed by atoms with Crippen LogP contribution in [0.4, 0.5) is 5.69 Å². The van der Waals surface area contributed by atoms with Gasteiger partial charge in [-0.3, -0.25) is 9.97 Å². The molecule has 0 amide bonds. The number of nitrogens with zero attached hydrogens (tertiary/aromatic N) is 2. The van der Waals surface area contributed by atoms with Crippen LogP contribution in [0, 0.1) is 0 Å². The van der Waals surface area contributed by atoms with Crippen LogP contribution in [0.25, 0.3) is 10.9 Å². The molecular weight excluding hydrogens is 138 g/mol. The van der Waals surface area contributed by atoms with Gasteiger partial charge in [0.05, 0.1) is 11.2 Å². The predicted molar refractivity (Wildman–Crippen MR) is 42.3 cm³/mol. The number of pyridine rings is 2. The van der Waals surface area contributed by atoms with Gasteiger partial charge in [-0.2, -0.15) is 0 Å². The van der Waals surface area contributed by atoms with E-state index in [9.17, 15) is 0 Å². The molecular formula is C8H6N3. The Labute approximate surface area is 63.9 Å². The van der Waals surface area contributed by atoms with Crippen molar-refractivity contribution in [3.63, 3.8) is 0 Å². The molecule has 3 nitrogen and oxygen atoms in total. The van der Waals surface area contributed by atoms with Gasteiger partial charge in [-0.05, 0) is 12.1 Å². The average Bonchev–Trinajstić information content (AvgIpc) is 2.06. The van der Waals surface area contributed by atoms with E-state index >= 15 is 0 Å². The molecule has 53 valence electrons. The molecule has 3 heteroatoms. The standard InChI is InChI=1S/C8H6N3/c9-7-1-4-11-8-2-3-10-5-6(7)8/h1-5,9H. The highest BCUT2D eigenvalue weighted by atomic mass is 14.7. The van der Waals surface area contributed by atoms with Crippen LogP contribution in [0.3, 0.4) is 0 Å². The van der Waals surface area contributed by atoms with Gasteiger partial charge < -0.3 is 5.73 Å². The zero-order chi connectivity index (χ0) is 7.68. The molecule has 2 aromatic rings. The molecule has 0 saturated carbocycles. The second-order valence-corrected chi connectivity index (χ2v) is 2.25. The maximum Gasteiger partial charge on any atom is 0.0754 e. The van der Waals surface area contributed by atoms with Gasteiger partial charge in [-0.25, -0.2) is 0 Å². The van der Waals surface area contributed by atoms with Crippen molar-refractivity contribution in [2.45, 2.75) is 0 Å². The molecule has 1 N–H and O–H groups in total. The lowest BCUT2D eigenvalue weighted by molar-refractivity contribution is 1.31. The molecule has 2 aromatic heterocycles. The molecule has 0 fully saturated rings. The Bertz CT molecular complexity index is 378. The van der Waals surface area contributed by atoms with E-state index in [0.29, 0.717) is 5.69 Å². The molecule has 0 aliphatic heterocycles. The largest absolute Gasteiger partial charge is 0.300 e. The molecule has 0 aliphatic rings. The van der Waals surface area contributed by atoms with Crippen molar-refractivity contribution >= 4 is 16.6 Å². The van der Waals surface area contributed by atoms with E-state index < -0.39 is 0 Å². The summed E-state index contributed by atoms with van der Waals surface area (Å²) in [6.45, 7) is 0. The van der Waals surface area contributed by atoms with E-state index in [1.54, 1.807) is 30.7 Å². The molecule has 1 radical (unpaired) electrons. The van der Waals surface area contributed by atoms with E-state index in [0.717, 1.165) is 10.9 Å². The molecule has 0 spiro atoms. The first-order chi connectivity index (χ1) is 5.38. The quantitative estimate of drug-likeness (QED) is 0.563. The van der Waals surface area contributed by atoms with E-state index in [1.807, 2.05) is 0 Å². The Kier molecular flexibility index (Phi) is 1.22. The van der Waals surface area contributed by atoms with Crippen molar-refractivity contribution in [2.24, 2.45) is 0 Å². The van der Waals surface area contributed by atoms with Crippen molar-refractivity contribution in [1.29, 1.82) is 0 Å². The molecule has 0 aliphatic carbocycles. The summed E-state index contributed by atoms with van der Waals surface area (Å²) >= 11 is 0. The average molecular weight is 144 g/mol. The Hall–Kier alpha value is -1.64. The van der Waals surface area contributed by atoms with Gasteiger partial charge in [0.2, 0.25) is 0 Å². The van der Waals surface area contributed by atoms with Gasteiger partial charge in [-0.15, -0.1) is 0 Å². The highest BCUT2D eigenvalue weighted by Gasteiger charge is 1.95. The van der Waals surface area contributed by atoms with Gasteiger partial charge in [0, 0.05) is 24.0 Å². The third kappa shape index (κ3) is 0.902. The first-order valence-corrected chi connectivity index (χ1v) is 3.28. The summed E-state index contributed by atoms with van der Waals surface area (Å²) in [5.41, 5.74) is 8.79. The van der Waals surface area contributed by atoms with Gasteiger partial charge in [0.15, 0.2) is 0 Å². The number of rotatable bonds is 0. The minimum atomic E-state index is 0.475. The summed E-state index contributed by atoms with van der Waals surface area (Å²) in [6.07, 6.45) is 4.96.